The summed E-state index contributed by atoms with van der Waals surface area (Å²) in [5.41, 5.74) is 4.09. The van der Waals surface area contributed by atoms with Crippen LogP contribution in [0.4, 0.5) is 0 Å². The van der Waals surface area contributed by atoms with Crippen LogP contribution in [0.15, 0.2) is 29.5 Å². The Labute approximate surface area is 88.2 Å². The maximum atomic E-state index is 4.37. The predicted molar refractivity (Wildman–Crippen MR) is 57.1 cm³/mol. The van der Waals surface area contributed by atoms with Gasteiger partial charge in [-0.15, -0.1) is 0 Å². The van der Waals surface area contributed by atoms with E-state index in [0.29, 0.717) is 6.04 Å². The second-order valence-electron chi connectivity index (χ2n) is 3.75. The number of hydrazone groups is 1. The zero-order chi connectivity index (χ0) is 10.1. The third-order valence-electron chi connectivity index (χ3n) is 2.79. The van der Waals surface area contributed by atoms with Crippen LogP contribution < -0.4 is 10.7 Å². The quantitative estimate of drug-likeness (QED) is 0.669. The number of piperazine rings is 1. The molecular formula is C10H13N5. The third-order valence-corrected chi connectivity index (χ3v) is 2.79. The number of pyridine rings is 1. The number of fused-ring (bicyclic) bond motifs is 1. The van der Waals surface area contributed by atoms with Gasteiger partial charge in [-0.25, -0.2) is 0 Å². The van der Waals surface area contributed by atoms with Crippen LogP contribution in [-0.2, 0) is 0 Å². The summed E-state index contributed by atoms with van der Waals surface area (Å²) in [6.07, 6.45) is 1.84. The first-order chi connectivity index (χ1) is 7.43. The molecule has 1 saturated heterocycles. The highest BCUT2D eigenvalue weighted by molar-refractivity contribution is 5.85. The predicted octanol–water partition coefficient (Wildman–Crippen LogP) is -0.0979. The molecule has 1 aromatic rings. The minimum atomic E-state index is 0.310. The number of hydrogen-bond acceptors (Lipinski definition) is 5. The maximum absolute atomic E-state index is 4.37. The number of nitrogens with zero attached hydrogens (tertiary/aromatic N) is 3. The van der Waals surface area contributed by atoms with E-state index >= 15 is 0 Å². The maximum Gasteiger partial charge on any atom is 0.140 e. The van der Waals surface area contributed by atoms with Crippen LogP contribution in [0.1, 0.15) is 11.7 Å². The van der Waals surface area contributed by atoms with E-state index in [0.717, 1.165) is 31.3 Å². The summed E-state index contributed by atoms with van der Waals surface area (Å²) in [6, 6.07) is 6.33. The molecule has 0 spiro atoms. The lowest BCUT2D eigenvalue weighted by molar-refractivity contribution is 0.330. The van der Waals surface area contributed by atoms with Gasteiger partial charge in [0.2, 0.25) is 0 Å². The second kappa shape index (κ2) is 3.51. The molecule has 2 aliphatic rings. The van der Waals surface area contributed by atoms with Crippen LogP contribution >= 0.6 is 0 Å². The molecule has 0 bridgehead atoms. The summed E-state index contributed by atoms with van der Waals surface area (Å²) in [4.78, 5) is 6.61. The van der Waals surface area contributed by atoms with E-state index < -0.39 is 0 Å². The molecule has 0 radical (unpaired) electrons. The molecule has 1 fully saturated rings. The van der Waals surface area contributed by atoms with Gasteiger partial charge in [0.1, 0.15) is 12.5 Å². The lowest BCUT2D eigenvalue weighted by atomic mass is 10.1. The van der Waals surface area contributed by atoms with Crippen LogP contribution in [0.2, 0.25) is 0 Å². The highest BCUT2D eigenvalue weighted by atomic mass is 15.5. The Bertz CT molecular complexity index is 375. The molecule has 5 nitrogen and oxygen atoms in total. The SMILES string of the molecule is c1ccc(C2CN3CNN=C3CN2)nc1. The smallest absolute Gasteiger partial charge is 0.140 e. The van der Waals surface area contributed by atoms with Crippen LogP contribution in [0, 0.1) is 0 Å². The molecule has 2 N–H and O–H groups in total. The fraction of sp³-hybridized carbons (Fsp3) is 0.400. The van der Waals surface area contributed by atoms with Gasteiger partial charge in [0.25, 0.3) is 0 Å². The van der Waals surface area contributed by atoms with E-state index in [1.54, 1.807) is 0 Å². The summed E-state index contributed by atoms with van der Waals surface area (Å²) in [5, 5.41) is 7.63. The molecule has 1 aromatic heterocycles. The van der Waals surface area contributed by atoms with Gasteiger partial charge in [0.15, 0.2) is 0 Å². The van der Waals surface area contributed by atoms with Gasteiger partial charge in [-0.2, -0.15) is 5.10 Å². The van der Waals surface area contributed by atoms with Crippen molar-refractivity contribution >= 4 is 5.84 Å². The van der Waals surface area contributed by atoms with E-state index in [-0.39, 0.29) is 0 Å². The van der Waals surface area contributed by atoms with Crippen molar-refractivity contribution in [2.24, 2.45) is 5.10 Å². The minimum absolute atomic E-state index is 0.310. The first-order valence-corrected chi connectivity index (χ1v) is 5.12. The molecule has 0 aromatic carbocycles. The Morgan fingerprint density at radius 1 is 1.40 bits per heavy atom. The molecule has 1 unspecified atom stereocenters. The number of aromatic nitrogens is 1. The van der Waals surface area contributed by atoms with Crippen LogP contribution in [0.5, 0.6) is 0 Å². The number of amidine groups is 1. The molecule has 15 heavy (non-hydrogen) atoms. The average Bonchev–Trinajstić information content (AvgIpc) is 2.77. The van der Waals surface area contributed by atoms with E-state index in [1.165, 1.54) is 0 Å². The zero-order valence-corrected chi connectivity index (χ0v) is 8.35. The van der Waals surface area contributed by atoms with Crippen molar-refractivity contribution in [2.45, 2.75) is 6.04 Å². The van der Waals surface area contributed by atoms with Crippen LogP contribution in [0.25, 0.3) is 0 Å². The highest BCUT2D eigenvalue weighted by Crippen LogP contribution is 2.16. The Morgan fingerprint density at radius 3 is 3.27 bits per heavy atom. The van der Waals surface area contributed by atoms with Gasteiger partial charge < -0.3 is 10.2 Å². The molecule has 3 heterocycles. The van der Waals surface area contributed by atoms with Gasteiger partial charge in [-0.1, -0.05) is 6.07 Å². The van der Waals surface area contributed by atoms with Crippen molar-refractivity contribution in [3.8, 4) is 0 Å². The highest BCUT2D eigenvalue weighted by Gasteiger charge is 2.27. The van der Waals surface area contributed by atoms with Crippen molar-refractivity contribution in [1.82, 2.24) is 20.6 Å². The molecule has 3 rings (SSSR count). The van der Waals surface area contributed by atoms with Crippen molar-refractivity contribution in [1.29, 1.82) is 0 Å². The summed E-state index contributed by atoms with van der Waals surface area (Å²) in [6.45, 7) is 2.57. The Kier molecular flexibility index (Phi) is 2.03. The number of hydrogen-bond donors (Lipinski definition) is 2. The molecule has 0 amide bonds. The van der Waals surface area contributed by atoms with Gasteiger partial charge in [-0.3, -0.25) is 10.4 Å². The molecular weight excluding hydrogens is 190 g/mol. The standard InChI is InChI=1S/C10H13N5/c1-2-4-11-8(3-1)9-6-15-7-13-14-10(15)5-12-9/h1-4,9,12-13H,5-7H2. The summed E-state index contributed by atoms with van der Waals surface area (Å²) >= 11 is 0. The molecule has 5 heteroatoms. The van der Waals surface area contributed by atoms with Crippen LogP contribution in [0.3, 0.4) is 0 Å². The normalized spacial score (nSPS) is 24.4. The number of rotatable bonds is 1. The van der Waals surface area contributed by atoms with Crippen LogP contribution in [-0.4, -0.2) is 35.5 Å². The average molecular weight is 203 g/mol. The summed E-state index contributed by atoms with van der Waals surface area (Å²) in [7, 11) is 0. The van der Waals surface area contributed by atoms with Gasteiger partial charge in [0, 0.05) is 12.7 Å². The minimum Gasteiger partial charge on any atom is -0.337 e. The number of nitrogens with one attached hydrogen (secondary N) is 2. The lowest BCUT2D eigenvalue weighted by Crippen LogP contribution is -2.48. The second-order valence-corrected chi connectivity index (χ2v) is 3.75. The topological polar surface area (TPSA) is 52.5 Å². The molecule has 0 saturated carbocycles. The van der Waals surface area contributed by atoms with E-state index in [2.05, 4.69) is 31.8 Å². The van der Waals surface area contributed by atoms with E-state index in [4.69, 9.17) is 0 Å². The Hall–Kier alpha value is -1.62. The summed E-state index contributed by atoms with van der Waals surface area (Å²) in [5.74, 6) is 1.10. The molecule has 2 aliphatic heterocycles. The van der Waals surface area contributed by atoms with E-state index in [1.807, 2.05) is 18.3 Å². The zero-order valence-electron chi connectivity index (χ0n) is 8.35. The molecule has 0 aliphatic carbocycles. The molecule has 1 atom stereocenters. The fourth-order valence-corrected chi connectivity index (χ4v) is 1.97. The summed E-state index contributed by atoms with van der Waals surface area (Å²) < 4.78 is 0. The van der Waals surface area contributed by atoms with Crippen molar-refractivity contribution in [3.05, 3.63) is 30.1 Å². The molecule has 78 valence electrons. The van der Waals surface area contributed by atoms with Gasteiger partial charge in [-0.05, 0) is 12.1 Å². The van der Waals surface area contributed by atoms with Crippen molar-refractivity contribution < 1.29 is 0 Å². The lowest BCUT2D eigenvalue weighted by Gasteiger charge is -2.31. The fourth-order valence-electron chi connectivity index (χ4n) is 1.97. The Balaban J connectivity index is 1.77. The third kappa shape index (κ3) is 1.55. The van der Waals surface area contributed by atoms with Gasteiger partial charge >= 0.3 is 0 Å². The largest absolute Gasteiger partial charge is 0.337 e. The van der Waals surface area contributed by atoms with Crippen molar-refractivity contribution in [3.63, 3.8) is 0 Å². The monoisotopic (exact) mass is 203 g/mol. The van der Waals surface area contributed by atoms with E-state index in [9.17, 15) is 0 Å². The Morgan fingerprint density at radius 2 is 2.40 bits per heavy atom. The van der Waals surface area contributed by atoms with Crippen molar-refractivity contribution in [2.75, 3.05) is 19.8 Å². The van der Waals surface area contributed by atoms with Gasteiger partial charge in [0.05, 0.1) is 18.3 Å². The first kappa shape index (κ1) is 8.67. The first-order valence-electron chi connectivity index (χ1n) is 5.12.